The molecule has 0 amide bonds. The first-order chi connectivity index (χ1) is 7.54. The summed E-state index contributed by atoms with van der Waals surface area (Å²) in [6, 6.07) is 8.68. The van der Waals surface area contributed by atoms with Gasteiger partial charge in [-0.05, 0) is 29.5 Å². The van der Waals surface area contributed by atoms with Crippen LogP contribution < -0.4 is 5.32 Å². The van der Waals surface area contributed by atoms with Crippen molar-refractivity contribution in [1.82, 2.24) is 0 Å². The minimum absolute atomic E-state index is 0.231. The van der Waals surface area contributed by atoms with Crippen LogP contribution in [-0.4, -0.2) is 20.3 Å². The van der Waals surface area contributed by atoms with E-state index >= 15 is 0 Å². The van der Waals surface area contributed by atoms with Crippen molar-refractivity contribution in [3.8, 4) is 0 Å². The van der Waals surface area contributed by atoms with Crippen LogP contribution in [0.15, 0.2) is 24.3 Å². The van der Waals surface area contributed by atoms with Gasteiger partial charge in [-0.2, -0.15) is 0 Å². The predicted octanol–water partition coefficient (Wildman–Crippen LogP) is 3.43. The summed E-state index contributed by atoms with van der Waals surface area (Å²) in [4.78, 5) is 0. The fourth-order valence-electron chi connectivity index (χ4n) is 1.54. The summed E-state index contributed by atoms with van der Waals surface area (Å²) in [6.45, 7) is 8.46. The number of benzene rings is 1. The van der Waals surface area contributed by atoms with Crippen LogP contribution in [-0.2, 0) is 10.2 Å². The highest BCUT2D eigenvalue weighted by atomic mass is 16.5. The van der Waals surface area contributed by atoms with Crippen molar-refractivity contribution in [1.29, 1.82) is 0 Å². The molecule has 0 aliphatic carbocycles. The van der Waals surface area contributed by atoms with E-state index in [0.29, 0.717) is 0 Å². The lowest BCUT2D eigenvalue weighted by atomic mass is 9.87. The molecule has 0 saturated heterocycles. The van der Waals surface area contributed by atoms with E-state index in [9.17, 15) is 0 Å². The largest absolute Gasteiger partial charge is 0.385 e. The van der Waals surface area contributed by atoms with E-state index in [1.807, 2.05) is 0 Å². The third-order valence-corrected chi connectivity index (χ3v) is 2.61. The molecule has 0 saturated carbocycles. The van der Waals surface area contributed by atoms with E-state index in [4.69, 9.17) is 4.74 Å². The van der Waals surface area contributed by atoms with E-state index in [0.717, 1.165) is 19.6 Å². The molecular formula is C14H23NO. The lowest BCUT2D eigenvalue weighted by Gasteiger charge is -2.19. The van der Waals surface area contributed by atoms with Gasteiger partial charge in [0.05, 0.1) is 0 Å². The molecule has 0 aromatic heterocycles. The average Bonchev–Trinajstić information content (AvgIpc) is 2.24. The highest BCUT2D eigenvalue weighted by molar-refractivity contribution is 5.45. The van der Waals surface area contributed by atoms with E-state index in [2.05, 4.69) is 50.4 Å². The third kappa shape index (κ3) is 4.23. The molecule has 0 unspecified atom stereocenters. The first-order valence-corrected chi connectivity index (χ1v) is 5.87. The molecule has 90 valence electrons. The molecular weight excluding hydrogens is 198 g/mol. The minimum atomic E-state index is 0.231. The molecule has 2 heteroatoms. The lowest BCUT2D eigenvalue weighted by molar-refractivity contribution is 0.198. The van der Waals surface area contributed by atoms with Gasteiger partial charge in [0.25, 0.3) is 0 Å². The summed E-state index contributed by atoms with van der Waals surface area (Å²) < 4.78 is 5.00. The van der Waals surface area contributed by atoms with Crippen molar-refractivity contribution in [2.75, 3.05) is 25.6 Å². The Labute approximate surface area is 99.0 Å². The van der Waals surface area contributed by atoms with Gasteiger partial charge in [0, 0.05) is 25.9 Å². The van der Waals surface area contributed by atoms with Crippen molar-refractivity contribution in [2.24, 2.45) is 0 Å². The van der Waals surface area contributed by atoms with E-state index in [1.165, 1.54) is 11.3 Å². The number of rotatable bonds is 5. The van der Waals surface area contributed by atoms with Crippen molar-refractivity contribution >= 4 is 5.69 Å². The zero-order valence-electron chi connectivity index (χ0n) is 10.8. The van der Waals surface area contributed by atoms with Crippen LogP contribution in [0.3, 0.4) is 0 Å². The summed E-state index contributed by atoms with van der Waals surface area (Å²) in [5.41, 5.74) is 2.79. The molecule has 0 heterocycles. The Morgan fingerprint density at radius 1 is 1.12 bits per heavy atom. The van der Waals surface area contributed by atoms with Crippen molar-refractivity contribution in [2.45, 2.75) is 32.6 Å². The fraction of sp³-hybridized carbons (Fsp3) is 0.571. The Balaban J connectivity index is 2.46. The second-order valence-corrected chi connectivity index (χ2v) is 5.10. The zero-order chi connectivity index (χ0) is 12.0. The Morgan fingerprint density at radius 2 is 1.75 bits per heavy atom. The fourth-order valence-corrected chi connectivity index (χ4v) is 1.54. The molecule has 0 fully saturated rings. The first-order valence-electron chi connectivity index (χ1n) is 5.87. The van der Waals surface area contributed by atoms with Gasteiger partial charge < -0.3 is 10.1 Å². The molecule has 0 atom stereocenters. The number of hydrogen-bond donors (Lipinski definition) is 1. The summed E-state index contributed by atoms with van der Waals surface area (Å²) in [5, 5.41) is 3.38. The Morgan fingerprint density at radius 3 is 2.25 bits per heavy atom. The number of methoxy groups -OCH3 is 1. The lowest BCUT2D eigenvalue weighted by Crippen LogP contribution is -2.11. The number of anilines is 1. The van der Waals surface area contributed by atoms with Gasteiger partial charge >= 0.3 is 0 Å². The van der Waals surface area contributed by atoms with Crippen molar-refractivity contribution < 1.29 is 4.74 Å². The quantitative estimate of drug-likeness (QED) is 0.769. The van der Waals surface area contributed by atoms with Gasteiger partial charge in [-0.25, -0.2) is 0 Å². The van der Waals surface area contributed by atoms with Gasteiger partial charge in [-0.3, -0.25) is 0 Å². The van der Waals surface area contributed by atoms with Crippen LogP contribution in [0.1, 0.15) is 32.8 Å². The topological polar surface area (TPSA) is 21.3 Å². The molecule has 16 heavy (non-hydrogen) atoms. The molecule has 1 rings (SSSR count). The van der Waals surface area contributed by atoms with Crippen LogP contribution in [0.25, 0.3) is 0 Å². The summed E-state index contributed by atoms with van der Waals surface area (Å²) in [5.74, 6) is 0. The van der Waals surface area contributed by atoms with E-state index < -0.39 is 0 Å². The Bertz CT molecular complexity index is 298. The maximum atomic E-state index is 5.00. The van der Waals surface area contributed by atoms with Crippen LogP contribution in [0, 0.1) is 0 Å². The van der Waals surface area contributed by atoms with Gasteiger partial charge in [0.1, 0.15) is 0 Å². The third-order valence-electron chi connectivity index (χ3n) is 2.61. The van der Waals surface area contributed by atoms with Gasteiger partial charge in [0.2, 0.25) is 0 Å². The number of ether oxygens (including phenoxy) is 1. The zero-order valence-corrected chi connectivity index (χ0v) is 10.8. The Hall–Kier alpha value is -1.02. The standard InChI is InChI=1S/C14H23NO/c1-14(2,3)12-6-8-13(9-7-12)15-10-5-11-16-4/h6-9,15H,5,10-11H2,1-4H3. The maximum Gasteiger partial charge on any atom is 0.0479 e. The highest BCUT2D eigenvalue weighted by Crippen LogP contribution is 2.23. The number of nitrogens with one attached hydrogen (secondary N) is 1. The van der Waals surface area contributed by atoms with E-state index in [-0.39, 0.29) is 5.41 Å². The van der Waals surface area contributed by atoms with Crippen molar-refractivity contribution in [3.63, 3.8) is 0 Å². The van der Waals surface area contributed by atoms with Crippen LogP contribution >= 0.6 is 0 Å². The summed E-state index contributed by atoms with van der Waals surface area (Å²) in [7, 11) is 1.73. The monoisotopic (exact) mass is 221 g/mol. The smallest absolute Gasteiger partial charge is 0.0479 e. The number of hydrogen-bond acceptors (Lipinski definition) is 2. The van der Waals surface area contributed by atoms with Crippen LogP contribution in [0.5, 0.6) is 0 Å². The second-order valence-electron chi connectivity index (χ2n) is 5.10. The normalized spacial score (nSPS) is 11.5. The van der Waals surface area contributed by atoms with Crippen LogP contribution in [0.4, 0.5) is 5.69 Å². The average molecular weight is 221 g/mol. The molecule has 0 bridgehead atoms. The SMILES string of the molecule is COCCCNc1ccc(C(C)(C)C)cc1. The molecule has 2 nitrogen and oxygen atoms in total. The molecule has 1 aromatic carbocycles. The van der Waals surface area contributed by atoms with Crippen molar-refractivity contribution in [3.05, 3.63) is 29.8 Å². The molecule has 0 spiro atoms. The molecule has 0 radical (unpaired) electrons. The highest BCUT2D eigenvalue weighted by Gasteiger charge is 2.12. The van der Waals surface area contributed by atoms with Gasteiger partial charge in [-0.15, -0.1) is 0 Å². The summed E-state index contributed by atoms with van der Waals surface area (Å²) in [6.07, 6.45) is 1.04. The Kier molecular flexibility index (Phi) is 4.81. The molecule has 0 aliphatic rings. The minimum Gasteiger partial charge on any atom is -0.385 e. The van der Waals surface area contributed by atoms with Gasteiger partial charge in [-0.1, -0.05) is 32.9 Å². The first kappa shape index (κ1) is 13.0. The van der Waals surface area contributed by atoms with Gasteiger partial charge in [0.15, 0.2) is 0 Å². The van der Waals surface area contributed by atoms with E-state index in [1.54, 1.807) is 7.11 Å². The summed E-state index contributed by atoms with van der Waals surface area (Å²) >= 11 is 0. The predicted molar refractivity (Wildman–Crippen MR) is 70.1 cm³/mol. The second kappa shape index (κ2) is 5.90. The molecule has 1 aromatic rings. The molecule has 1 N–H and O–H groups in total. The maximum absolute atomic E-state index is 5.00. The molecule has 0 aliphatic heterocycles. The van der Waals surface area contributed by atoms with Crippen LogP contribution in [0.2, 0.25) is 0 Å².